The Bertz CT molecular complexity index is 295. The van der Waals surface area contributed by atoms with Crippen molar-refractivity contribution < 1.29 is 0 Å². The van der Waals surface area contributed by atoms with Crippen molar-refractivity contribution in [2.45, 2.75) is 18.6 Å². The molecule has 0 aliphatic rings. The van der Waals surface area contributed by atoms with Gasteiger partial charge < -0.3 is 5.32 Å². The number of nitrogens with one attached hydrogen (secondary N) is 1. The molecule has 1 nitrogen and oxygen atoms in total. The highest BCUT2D eigenvalue weighted by atomic mass is 32.2. The third-order valence-electron chi connectivity index (χ3n) is 2.50. The van der Waals surface area contributed by atoms with Gasteiger partial charge in [-0.25, -0.2) is 0 Å². The Hall–Kier alpha value is -0.730. The molecule has 1 aromatic carbocycles. The maximum absolute atomic E-state index is 3.42. The van der Waals surface area contributed by atoms with Crippen molar-refractivity contribution in [1.82, 2.24) is 5.32 Å². The van der Waals surface area contributed by atoms with Gasteiger partial charge in [-0.1, -0.05) is 49.4 Å². The summed E-state index contributed by atoms with van der Waals surface area (Å²) in [5.74, 6) is 0. The minimum atomic E-state index is 0.755. The van der Waals surface area contributed by atoms with Crippen LogP contribution >= 0.6 is 11.8 Å². The standard InChI is InChI=1S/C14H21NS/c1-13(16-2)10-12-15-11-6-9-14-7-4-3-5-8-14/h3-9,13,15H,10-12H2,1-2H3/b9-6+. The lowest BCUT2D eigenvalue weighted by Crippen LogP contribution is -2.17. The van der Waals surface area contributed by atoms with E-state index < -0.39 is 0 Å². The highest BCUT2D eigenvalue weighted by molar-refractivity contribution is 7.99. The quantitative estimate of drug-likeness (QED) is 0.727. The fourth-order valence-electron chi connectivity index (χ4n) is 1.37. The molecule has 0 heterocycles. The second-order valence-electron chi connectivity index (χ2n) is 3.85. The molecule has 0 aliphatic heterocycles. The summed E-state index contributed by atoms with van der Waals surface area (Å²) >= 11 is 1.93. The highest BCUT2D eigenvalue weighted by Gasteiger charge is 1.96. The highest BCUT2D eigenvalue weighted by Crippen LogP contribution is 2.07. The van der Waals surface area contributed by atoms with Gasteiger partial charge in [-0.3, -0.25) is 0 Å². The molecule has 1 rings (SSSR count). The average molecular weight is 235 g/mol. The van der Waals surface area contributed by atoms with Crippen molar-refractivity contribution in [3.05, 3.63) is 42.0 Å². The molecule has 0 fully saturated rings. The van der Waals surface area contributed by atoms with Crippen molar-refractivity contribution in [2.24, 2.45) is 0 Å². The van der Waals surface area contributed by atoms with Crippen LogP contribution < -0.4 is 5.32 Å². The van der Waals surface area contributed by atoms with Gasteiger partial charge >= 0.3 is 0 Å². The minimum Gasteiger partial charge on any atom is -0.313 e. The van der Waals surface area contributed by atoms with E-state index in [1.54, 1.807) is 0 Å². The fourth-order valence-corrected chi connectivity index (χ4v) is 1.72. The second-order valence-corrected chi connectivity index (χ2v) is 5.13. The first kappa shape index (κ1) is 13.3. The van der Waals surface area contributed by atoms with Gasteiger partial charge in [0.05, 0.1) is 0 Å². The normalized spacial score (nSPS) is 13.1. The molecule has 88 valence electrons. The van der Waals surface area contributed by atoms with Gasteiger partial charge in [0, 0.05) is 11.8 Å². The predicted molar refractivity (Wildman–Crippen MR) is 75.9 cm³/mol. The van der Waals surface area contributed by atoms with Crippen molar-refractivity contribution in [2.75, 3.05) is 19.3 Å². The molecule has 0 saturated carbocycles. The zero-order valence-corrected chi connectivity index (χ0v) is 11.0. The second kappa shape index (κ2) is 8.43. The summed E-state index contributed by atoms with van der Waals surface area (Å²) in [6, 6.07) is 10.4. The van der Waals surface area contributed by atoms with Gasteiger partial charge in [0.1, 0.15) is 0 Å². The van der Waals surface area contributed by atoms with Gasteiger partial charge in [0.25, 0.3) is 0 Å². The lowest BCUT2D eigenvalue weighted by molar-refractivity contribution is 0.691. The van der Waals surface area contributed by atoms with Crippen LogP contribution in [0, 0.1) is 0 Å². The first-order chi connectivity index (χ1) is 7.83. The lowest BCUT2D eigenvalue weighted by atomic mass is 10.2. The number of rotatable bonds is 7. The zero-order valence-electron chi connectivity index (χ0n) is 10.1. The molecule has 2 heteroatoms. The summed E-state index contributed by atoms with van der Waals surface area (Å²) < 4.78 is 0. The van der Waals surface area contributed by atoms with Crippen LogP contribution in [-0.2, 0) is 0 Å². The van der Waals surface area contributed by atoms with Crippen LogP contribution in [0.3, 0.4) is 0 Å². The smallest absolute Gasteiger partial charge is 0.0138 e. The van der Waals surface area contributed by atoms with Crippen molar-refractivity contribution >= 4 is 17.8 Å². The topological polar surface area (TPSA) is 12.0 Å². The maximum atomic E-state index is 3.42. The molecule has 0 saturated heterocycles. The third kappa shape index (κ3) is 5.99. The summed E-state index contributed by atoms with van der Waals surface area (Å²) in [6.45, 7) is 4.32. The van der Waals surface area contributed by atoms with Gasteiger partial charge in [0.15, 0.2) is 0 Å². The molecule has 0 radical (unpaired) electrons. The molecule has 0 aliphatic carbocycles. The minimum absolute atomic E-state index is 0.755. The van der Waals surface area contributed by atoms with Crippen LogP contribution in [-0.4, -0.2) is 24.6 Å². The van der Waals surface area contributed by atoms with Gasteiger partial charge in [-0.2, -0.15) is 11.8 Å². The number of hydrogen-bond donors (Lipinski definition) is 1. The number of thioether (sulfide) groups is 1. The maximum Gasteiger partial charge on any atom is 0.0138 e. The average Bonchev–Trinajstić information content (AvgIpc) is 2.34. The first-order valence-electron chi connectivity index (χ1n) is 5.78. The SMILES string of the molecule is CSC(C)CCNC/C=C/c1ccccc1. The summed E-state index contributed by atoms with van der Waals surface area (Å²) in [5.41, 5.74) is 1.27. The molecule has 1 N–H and O–H groups in total. The molecule has 0 spiro atoms. The van der Waals surface area contributed by atoms with E-state index >= 15 is 0 Å². The number of benzene rings is 1. The summed E-state index contributed by atoms with van der Waals surface area (Å²) in [6.07, 6.45) is 7.74. The monoisotopic (exact) mass is 235 g/mol. The van der Waals surface area contributed by atoms with Crippen molar-refractivity contribution in [1.29, 1.82) is 0 Å². The van der Waals surface area contributed by atoms with Crippen molar-refractivity contribution in [3.63, 3.8) is 0 Å². The molecule has 16 heavy (non-hydrogen) atoms. The molecule has 0 aromatic heterocycles. The number of hydrogen-bond acceptors (Lipinski definition) is 2. The van der Waals surface area contributed by atoms with E-state index in [1.807, 2.05) is 17.8 Å². The van der Waals surface area contributed by atoms with Crippen LogP contribution in [0.2, 0.25) is 0 Å². The zero-order chi connectivity index (χ0) is 11.6. The van der Waals surface area contributed by atoms with Crippen LogP contribution in [0.4, 0.5) is 0 Å². The molecule has 1 aromatic rings. The largest absolute Gasteiger partial charge is 0.313 e. The van der Waals surface area contributed by atoms with E-state index in [0.717, 1.165) is 18.3 Å². The molecule has 0 bridgehead atoms. The van der Waals surface area contributed by atoms with Gasteiger partial charge in [-0.15, -0.1) is 0 Å². The van der Waals surface area contributed by atoms with E-state index in [0.29, 0.717) is 0 Å². The van der Waals surface area contributed by atoms with E-state index in [-0.39, 0.29) is 0 Å². The Kier molecular flexibility index (Phi) is 7.02. The van der Waals surface area contributed by atoms with E-state index in [2.05, 4.69) is 54.9 Å². The third-order valence-corrected chi connectivity index (χ3v) is 3.54. The Morgan fingerprint density at radius 1 is 1.31 bits per heavy atom. The summed E-state index contributed by atoms with van der Waals surface area (Å²) in [5, 5.41) is 4.18. The Morgan fingerprint density at radius 2 is 2.06 bits per heavy atom. The van der Waals surface area contributed by atoms with Crippen molar-refractivity contribution in [3.8, 4) is 0 Å². The Morgan fingerprint density at radius 3 is 2.75 bits per heavy atom. The molecule has 0 amide bonds. The Balaban J connectivity index is 2.09. The molecular weight excluding hydrogens is 214 g/mol. The molecule has 1 atom stereocenters. The van der Waals surface area contributed by atoms with Crippen LogP contribution in [0.1, 0.15) is 18.9 Å². The van der Waals surface area contributed by atoms with E-state index in [1.165, 1.54) is 12.0 Å². The van der Waals surface area contributed by atoms with Crippen LogP contribution in [0.15, 0.2) is 36.4 Å². The summed E-state index contributed by atoms with van der Waals surface area (Å²) in [4.78, 5) is 0. The van der Waals surface area contributed by atoms with Gasteiger partial charge in [0.2, 0.25) is 0 Å². The van der Waals surface area contributed by atoms with Crippen LogP contribution in [0.5, 0.6) is 0 Å². The predicted octanol–water partition coefficient (Wildman–Crippen LogP) is 3.43. The molecule has 1 unspecified atom stereocenters. The van der Waals surface area contributed by atoms with Gasteiger partial charge in [-0.05, 0) is 24.8 Å². The van der Waals surface area contributed by atoms with E-state index in [9.17, 15) is 0 Å². The lowest BCUT2D eigenvalue weighted by Gasteiger charge is -2.07. The van der Waals surface area contributed by atoms with Crippen LogP contribution in [0.25, 0.3) is 6.08 Å². The first-order valence-corrected chi connectivity index (χ1v) is 7.07. The van der Waals surface area contributed by atoms with E-state index in [4.69, 9.17) is 0 Å². The Labute approximate surface area is 103 Å². The molecular formula is C14H21NS. The summed E-state index contributed by atoms with van der Waals surface area (Å²) in [7, 11) is 0. The fraction of sp³-hybridized carbons (Fsp3) is 0.429.